The summed E-state index contributed by atoms with van der Waals surface area (Å²) in [7, 11) is 3.35. The van der Waals surface area contributed by atoms with E-state index in [9.17, 15) is 0 Å². The normalized spacial score (nSPS) is 17.6. The number of fused-ring (bicyclic) bond motifs is 1. The second-order valence-corrected chi connectivity index (χ2v) is 5.86. The van der Waals surface area contributed by atoms with E-state index in [-0.39, 0.29) is 6.04 Å². The fraction of sp³-hybridized carbons (Fsp3) is 0.368. The van der Waals surface area contributed by atoms with Gasteiger partial charge in [0.15, 0.2) is 11.5 Å². The first-order valence-electron chi connectivity index (χ1n) is 7.99. The van der Waals surface area contributed by atoms with E-state index in [1.54, 1.807) is 14.2 Å². The monoisotopic (exact) mass is 312 g/mol. The number of hydrogen-bond donors (Lipinski definition) is 1. The second-order valence-electron chi connectivity index (χ2n) is 5.86. The van der Waals surface area contributed by atoms with Crippen LogP contribution in [0.3, 0.4) is 0 Å². The van der Waals surface area contributed by atoms with Crippen molar-refractivity contribution < 1.29 is 9.47 Å². The van der Waals surface area contributed by atoms with E-state index in [0.29, 0.717) is 6.54 Å². The first-order valence-corrected chi connectivity index (χ1v) is 7.99. The van der Waals surface area contributed by atoms with E-state index in [2.05, 4.69) is 41.3 Å². The van der Waals surface area contributed by atoms with Crippen molar-refractivity contribution in [2.24, 2.45) is 5.73 Å². The molecular weight excluding hydrogens is 288 g/mol. The van der Waals surface area contributed by atoms with Crippen LogP contribution in [0.4, 0.5) is 0 Å². The highest BCUT2D eigenvalue weighted by Gasteiger charge is 2.28. The molecule has 0 unspecified atom stereocenters. The summed E-state index contributed by atoms with van der Waals surface area (Å²) in [4.78, 5) is 2.45. The van der Waals surface area contributed by atoms with Crippen molar-refractivity contribution >= 4 is 0 Å². The fourth-order valence-electron chi connectivity index (χ4n) is 3.36. The van der Waals surface area contributed by atoms with Crippen LogP contribution >= 0.6 is 0 Å². The molecule has 2 N–H and O–H groups in total. The largest absolute Gasteiger partial charge is 0.493 e. The zero-order chi connectivity index (χ0) is 16.2. The minimum Gasteiger partial charge on any atom is -0.493 e. The Balaban J connectivity index is 1.91. The Morgan fingerprint density at radius 1 is 1.09 bits per heavy atom. The van der Waals surface area contributed by atoms with Gasteiger partial charge in [-0.3, -0.25) is 4.90 Å². The maximum absolute atomic E-state index is 6.11. The first kappa shape index (κ1) is 15.8. The molecule has 0 fully saturated rings. The zero-order valence-corrected chi connectivity index (χ0v) is 13.8. The third kappa shape index (κ3) is 3.19. The minimum atomic E-state index is 0.207. The maximum atomic E-state index is 6.11. The van der Waals surface area contributed by atoms with E-state index >= 15 is 0 Å². The molecule has 1 heterocycles. The summed E-state index contributed by atoms with van der Waals surface area (Å²) in [6.07, 6.45) is 0.999. The van der Waals surface area contributed by atoms with Gasteiger partial charge < -0.3 is 15.2 Å². The van der Waals surface area contributed by atoms with Gasteiger partial charge in [-0.15, -0.1) is 0 Å². The quantitative estimate of drug-likeness (QED) is 0.922. The Labute approximate surface area is 137 Å². The average molecular weight is 312 g/mol. The highest BCUT2D eigenvalue weighted by molar-refractivity contribution is 5.49. The summed E-state index contributed by atoms with van der Waals surface area (Å²) < 4.78 is 10.9. The van der Waals surface area contributed by atoms with Crippen molar-refractivity contribution in [3.8, 4) is 11.5 Å². The van der Waals surface area contributed by atoms with Crippen LogP contribution in [0.5, 0.6) is 11.5 Å². The molecule has 2 aromatic carbocycles. The molecule has 0 saturated carbocycles. The molecule has 122 valence electrons. The molecule has 23 heavy (non-hydrogen) atoms. The summed E-state index contributed by atoms with van der Waals surface area (Å²) in [6.45, 7) is 2.51. The van der Waals surface area contributed by atoms with Crippen LogP contribution < -0.4 is 15.2 Å². The van der Waals surface area contributed by atoms with Gasteiger partial charge in [0.05, 0.1) is 14.2 Å². The lowest BCUT2D eigenvalue weighted by Gasteiger charge is -2.37. The first-order chi connectivity index (χ1) is 11.3. The van der Waals surface area contributed by atoms with E-state index in [4.69, 9.17) is 15.2 Å². The SMILES string of the molecule is COc1cc2c(cc1OC)[C@H](CN)N(Cc1ccccc1)CC2. The smallest absolute Gasteiger partial charge is 0.161 e. The van der Waals surface area contributed by atoms with E-state index in [1.165, 1.54) is 16.7 Å². The highest BCUT2D eigenvalue weighted by atomic mass is 16.5. The Morgan fingerprint density at radius 2 is 1.78 bits per heavy atom. The third-order valence-electron chi connectivity index (χ3n) is 4.57. The number of hydrogen-bond acceptors (Lipinski definition) is 4. The summed E-state index contributed by atoms with van der Waals surface area (Å²) >= 11 is 0. The van der Waals surface area contributed by atoms with Crippen LogP contribution in [-0.2, 0) is 13.0 Å². The standard InChI is InChI=1S/C19H24N2O2/c1-22-18-10-15-8-9-21(13-14-6-4-3-5-7-14)17(12-20)16(15)11-19(18)23-2/h3-7,10-11,17H,8-9,12-13,20H2,1-2H3/t17-/m0/s1. The van der Waals surface area contributed by atoms with Gasteiger partial charge in [-0.1, -0.05) is 30.3 Å². The number of rotatable bonds is 5. The Hall–Kier alpha value is -2.04. The predicted octanol–water partition coefficient (Wildman–Crippen LogP) is 2.76. The van der Waals surface area contributed by atoms with Gasteiger partial charge >= 0.3 is 0 Å². The lowest BCUT2D eigenvalue weighted by Crippen LogP contribution is -2.38. The van der Waals surface area contributed by atoms with E-state index in [0.717, 1.165) is 31.0 Å². The average Bonchev–Trinajstić information content (AvgIpc) is 2.61. The van der Waals surface area contributed by atoms with Crippen LogP contribution in [0.2, 0.25) is 0 Å². The molecule has 1 atom stereocenters. The number of nitrogens with zero attached hydrogens (tertiary/aromatic N) is 1. The molecule has 0 aliphatic carbocycles. The second kappa shape index (κ2) is 7.02. The van der Waals surface area contributed by atoms with Crippen molar-refractivity contribution in [2.75, 3.05) is 27.3 Å². The zero-order valence-electron chi connectivity index (χ0n) is 13.8. The molecule has 0 radical (unpaired) electrons. The molecule has 4 nitrogen and oxygen atoms in total. The Morgan fingerprint density at radius 3 is 2.43 bits per heavy atom. The molecule has 4 heteroatoms. The molecule has 3 rings (SSSR count). The van der Waals surface area contributed by atoms with Crippen LogP contribution in [-0.4, -0.2) is 32.2 Å². The lowest BCUT2D eigenvalue weighted by atomic mass is 9.91. The summed E-state index contributed by atoms with van der Waals surface area (Å²) in [5.41, 5.74) is 9.99. The molecule has 1 aliphatic heterocycles. The molecule has 0 saturated heterocycles. The molecule has 1 aliphatic rings. The summed E-state index contributed by atoms with van der Waals surface area (Å²) in [6, 6.07) is 14.9. The van der Waals surface area contributed by atoms with Crippen molar-refractivity contribution in [3.05, 3.63) is 59.2 Å². The van der Waals surface area contributed by atoms with Gasteiger partial charge in [0, 0.05) is 25.7 Å². The summed E-state index contributed by atoms with van der Waals surface area (Å²) in [5, 5.41) is 0. The van der Waals surface area contributed by atoms with Crippen molar-refractivity contribution in [2.45, 2.75) is 19.0 Å². The topological polar surface area (TPSA) is 47.7 Å². The molecule has 0 bridgehead atoms. The third-order valence-corrected chi connectivity index (χ3v) is 4.57. The number of ether oxygens (including phenoxy) is 2. The number of nitrogens with two attached hydrogens (primary N) is 1. The van der Waals surface area contributed by atoms with Gasteiger partial charge in [0.2, 0.25) is 0 Å². The Bertz CT molecular complexity index is 658. The van der Waals surface area contributed by atoms with Crippen molar-refractivity contribution in [1.29, 1.82) is 0 Å². The maximum Gasteiger partial charge on any atom is 0.161 e. The van der Waals surface area contributed by atoms with E-state index < -0.39 is 0 Å². The van der Waals surface area contributed by atoms with E-state index in [1.807, 2.05) is 6.07 Å². The molecule has 0 amide bonds. The molecular formula is C19H24N2O2. The number of benzene rings is 2. The number of methoxy groups -OCH3 is 2. The van der Waals surface area contributed by atoms with Gasteiger partial charge in [-0.05, 0) is 35.2 Å². The molecule has 0 aromatic heterocycles. The lowest BCUT2D eigenvalue weighted by molar-refractivity contribution is 0.180. The van der Waals surface area contributed by atoms with Gasteiger partial charge in [0.1, 0.15) is 0 Å². The minimum absolute atomic E-state index is 0.207. The van der Waals surface area contributed by atoms with Crippen LogP contribution in [0, 0.1) is 0 Å². The van der Waals surface area contributed by atoms with Crippen molar-refractivity contribution in [1.82, 2.24) is 4.90 Å². The Kier molecular flexibility index (Phi) is 4.84. The molecule has 2 aromatic rings. The molecule has 0 spiro atoms. The van der Waals surface area contributed by atoms with Crippen molar-refractivity contribution in [3.63, 3.8) is 0 Å². The van der Waals surface area contributed by atoms with Crippen LogP contribution in [0.1, 0.15) is 22.7 Å². The fourth-order valence-corrected chi connectivity index (χ4v) is 3.36. The van der Waals surface area contributed by atoms with Gasteiger partial charge in [-0.2, -0.15) is 0 Å². The van der Waals surface area contributed by atoms with Gasteiger partial charge in [0.25, 0.3) is 0 Å². The van der Waals surface area contributed by atoms with Crippen LogP contribution in [0.25, 0.3) is 0 Å². The highest BCUT2D eigenvalue weighted by Crippen LogP contribution is 2.38. The van der Waals surface area contributed by atoms with Crippen LogP contribution in [0.15, 0.2) is 42.5 Å². The van der Waals surface area contributed by atoms with Gasteiger partial charge in [-0.25, -0.2) is 0 Å². The predicted molar refractivity (Wildman–Crippen MR) is 91.9 cm³/mol. The summed E-state index contributed by atoms with van der Waals surface area (Å²) in [5.74, 6) is 1.56.